The summed E-state index contributed by atoms with van der Waals surface area (Å²) < 4.78 is 5.32. The second-order valence-electron chi connectivity index (χ2n) is 7.36. The first kappa shape index (κ1) is 24.4. The molecule has 6 nitrogen and oxygen atoms in total. The zero-order valence-electron chi connectivity index (χ0n) is 17.6. The molecule has 2 aromatic heterocycles. The fourth-order valence-electron chi connectivity index (χ4n) is 3.07. The summed E-state index contributed by atoms with van der Waals surface area (Å²) in [6.07, 6.45) is 2.99. The van der Waals surface area contributed by atoms with Gasteiger partial charge < -0.3 is 9.72 Å². The molecule has 174 valence electrons. The Balaban J connectivity index is 1.37. The Morgan fingerprint density at radius 3 is 2.50 bits per heavy atom. The van der Waals surface area contributed by atoms with Crippen molar-refractivity contribution in [3.63, 3.8) is 0 Å². The molecule has 0 amide bonds. The summed E-state index contributed by atoms with van der Waals surface area (Å²) in [6, 6.07) is 16.1. The Kier molecular flexibility index (Phi) is 8.00. The minimum absolute atomic E-state index is 0.0945. The lowest BCUT2D eigenvalue weighted by atomic mass is 10.1. The molecule has 0 saturated heterocycles. The van der Waals surface area contributed by atoms with Crippen molar-refractivity contribution in [1.82, 2.24) is 15.2 Å². The van der Waals surface area contributed by atoms with Crippen LogP contribution in [0.4, 0.5) is 0 Å². The van der Waals surface area contributed by atoms with Crippen LogP contribution >= 0.6 is 46.6 Å². The number of aromatic amines is 2. The highest BCUT2D eigenvalue weighted by Gasteiger charge is 2.16. The molecule has 0 fully saturated rings. The fraction of sp³-hybridized carbons (Fsp3) is 0.125. The van der Waals surface area contributed by atoms with Crippen LogP contribution in [0.15, 0.2) is 70.5 Å². The monoisotopic (exact) mass is 533 g/mol. The molecule has 0 aliphatic rings. The molecule has 2 N–H and O–H groups in total. The summed E-state index contributed by atoms with van der Waals surface area (Å²) >= 11 is 19.4. The van der Waals surface area contributed by atoms with Gasteiger partial charge in [-0.25, -0.2) is 4.79 Å². The van der Waals surface area contributed by atoms with Crippen LogP contribution < -0.4 is 10.3 Å². The van der Waals surface area contributed by atoms with E-state index in [2.05, 4.69) is 15.2 Å². The Labute approximate surface area is 214 Å². The van der Waals surface area contributed by atoms with Crippen molar-refractivity contribution < 1.29 is 9.53 Å². The lowest BCUT2D eigenvalue weighted by Gasteiger charge is -2.06. The number of nitrogens with one attached hydrogen (secondary N) is 2. The van der Waals surface area contributed by atoms with E-state index in [-0.39, 0.29) is 11.4 Å². The number of carbonyl (C=O) groups excluding carboxylic acids is 1. The molecule has 0 atom stereocenters. The predicted molar refractivity (Wildman–Crippen MR) is 135 cm³/mol. The highest BCUT2D eigenvalue weighted by molar-refractivity contribution is 7.98. The number of rotatable bonds is 8. The highest BCUT2D eigenvalue weighted by Crippen LogP contribution is 2.30. The van der Waals surface area contributed by atoms with E-state index in [9.17, 15) is 9.59 Å². The molecule has 10 heteroatoms. The molecule has 0 radical (unpaired) electrons. The minimum atomic E-state index is -0.714. The van der Waals surface area contributed by atoms with Gasteiger partial charge in [-0.1, -0.05) is 46.9 Å². The van der Waals surface area contributed by atoms with E-state index < -0.39 is 11.5 Å². The molecular formula is C24H18Cl3N3O3S. The van der Waals surface area contributed by atoms with Gasteiger partial charge in [-0.3, -0.25) is 9.89 Å². The first-order valence-electron chi connectivity index (χ1n) is 10.2. The first-order valence-corrected chi connectivity index (χ1v) is 12.3. The number of hydrogen-bond acceptors (Lipinski definition) is 5. The van der Waals surface area contributed by atoms with Gasteiger partial charge in [-0.2, -0.15) is 5.10 Å². The molecule has 0 spiro atoms. The molecule has 2 aromatic carbocycles. The standard InChI is InChI=1S/C24H18Cl3N3O3S/c25-16-4-1-14(2-5-16)3-6-17-10-21(30-29-17)24(32)33-22-9-15(12-28-23(22)31)13-34-18-7-8-19(26)20(27)11-18/h1-2,4-5,7-12H,3,6,13H2,(H,28,31)(H,29,30). The number of H-pyrrole nitrogens is 2. The van der Waals surface area contributed by atoms with Gasteiger partial charge in [0.15, 0.2) is 11.4 Å². The van der Waals surface area contributed by atoms with Crippen LogP contribution in [0.1, 0.15) is 27.3 Å². The van der Waals surface area contributed by atoms with Crippen LogP contribution in [0.2, 0.25) is 15.1 Å². The van der Waals surface area contributed by atoms with E-state index in [1.165, 1.54) is 17.8 Å². The Morgan fingerprint density at radius 2 is 1.74 bits per heavy atom. The fourth-order valence-corrected chi connectivity index (χ4v) is 4.43. The van der Waals surface area contributed by atoms with Gasteiger partial charge in [-0.05, 0) is 66.4 Å². The lowest BCUT2D eigenvalue weighted by molar-refractivity contribution is 0.0726. The Bertz CT molecular complexity index is 1370. The smallest absolute Gasteiger partial charge is 0.364 e. The summed E-state index contributed by atoms with van der Waals surface area (Å²) in [5.74, 6) is -0.284. The van der Waals surface area contributed by atoms with E-state index in [0.717, 1.165) is 28.1 Å². The maximum Gasteiger partial charge on any atom is 0.364 e. The van der Waals surface area contributed by atoms with E-state index in [1.807, 2.05) is 30.3 Å². The number of pyridine rings is 1. The summed E-state index contributed by atoms with van der Waals surface area (Å²) in [7, 11) is 0. The van der Waals surface area contributed by atoms with E-state index in [0.29, 0.717) is 27.2 Å². The average Bonchev–Trinajstić information content (AvgIpc) is 3.31. The summed E-state index contributed by atoms with van der Waals surface area (Å²) in [5, 5.41) is 8.49. The SMILES string of the molecule is O=C(Oc1cc(CSc2ccc(Cl)c(Cl)c2)c[nH]c1=O)c1cc(CCc2ccc(Cl)cc2)[nH]n1. The zero-order valence-corrected chi connectivity index (χ0v) is 20.7. The van der Waals surface area contributed by atoms with Crippen LogP contribution in [-0.4, -0.2) is 21.2 Å². The molecule has 4 rings (SSSR count). The van der Waals surface area contributed by atoms with Crippen LogP contribution in [0, 0.1) is 0 Å². The molecule has 2 heterocycles. The summed E-state index contributed by atoms with van der Waals surface area (Å²) in [5.41, 5.74) is 2.26. The highest BCUT2D eigenvalue weighted by atomic mass is 35.5. The van der Waals surface area contributed by atoms with Crippen LogP contribution in [-0.2, 0) is 18.6 Å². The number of thioether (sulfide) groups is 1. The number of ether oxygens (including phenoxy) is 1. The number of hydrogen-bond donors (Lipinski definition) is 2. The van der Waals surface area contributed by atoms with E-state index in [1.54, 1.807) is 24.4 Å². The van der Waals surface area contributed by atoms with E-state index in [4.69, 9.17) is 39.5 Å². The Morgan fingerprint density at radius 1 is 0.941 bits per heavy atom. The van der Waals surface area contributed by atoms with Crippen molar-refractivity contribution in [2.45, 2.75) is 23.5 Å². The number of nitrogens with zero attached hydrogens (tertiary/aromatic N) is 1. The summed E-state index contributed by atoms with van der Waals surface area (Å²) in [4.78, 5) is 28.2. The topological polar surface area (TPSA) is 87.8 Å². The molecular weight excluding hydrogens is 517 g/mol. The third kappa shape index (κ3) is 6.45. The molecule has 0 saturated carbocycles. The number of benzene rings is 2. The van der Waals surface area contributed by atoms with Crippen molar-refractivity contribution in [3.8, 4) is 5.75 Å². The van der Waals surface area contributed by atoms with Crippen LogP contribution in [0.25, 0.3) is 0 Å². The maximum absolute atomic E-state index is 12.5. The molecule has 4 aromatic rings. The van der Waals surface area contributed by atoms with Gasteiger partial charge in [0.05, 0.1) is 10.0 Å². The van der Waals surface area contributed by atoms with Crippen molar-refractivity contribution >= 4 is 52.5 Å². The van der Waals surface area contributed by atoms with Crippen molar-refractivity contribution in [2.75, 3.05) is 0 Å². The van der Waals surface area contributed by atoms with Gasteiger partial charge in [0.25, 0.3) is 5.56 Å². The Hall–Kier alpha value is -2.71. The summed E-state index contributed by atoms with van der Waals surface area (Å²) in [6.45, 7) is 0. The van der Waals surface area contributed by atoms with Crippen molar-refractivity contribution in [3.05, 3.63) is 109 Å². The first-order chi connectivity index (χ1) is 16.4. The average molecular weight is 535 g/mol. The third-order valence-electron chi connectivity index (χ3n) is 4.86. The zero-order chi connectivity index (χ0) is 24.1. The van der Waals surface area contributed by atoms with Gasteiger partial charge in [0.2, 0.25) is 0 Å². The third-order valence-corrected chi connectivity index (χ3v) is 6.92. The van der Waals surface area contributed by atoms with Gasteiger partial charge in [0, 0.05) is 27.6 Å². The molecule has 34 heavy (non-hydrogen) atoms. The number of halogens is 3. The largest absolute Gasteiger partial charge is 0.416 e. The molecule has 0 bridgehead atoms. The molecule has 0 aliphatic carbocycles. The second-order valence-corrected chi connectivity index (χ2v) is 9.66. The van der Waals surface area contributed by atoms with Crippen LogP contribution in [0.5, 0.6) is 5.75 Å². The minimum Gasteiger partial charge on any atom is -0.416 e. The van der Waals surface area contributed by atoms with Gasteiger partial charge >= 0.3 is 5.97 Å². The maximum atomic E-state index is 12.5. The van der Waals surface area contributed by atoms with Crippen LogP contribution in [0.3, 0.4) is 0 Å². The second kappa shape index (κ2) is 11.1. The van der Waals surface area contributed by atoms with Gasteiger partial charge in [0.1, 0.15) is 0 Å². The number of aryl methyl sites for hydroxylation is 2. The normalized spacial score (nSPS) is 10.9. The lowest BCUT2D eigenvalue weighted by Crippen LogP contribution is -2.17. The van der Waals surface area contributed by atoms with E-state index >= 15 is 0 Å². The molecule has 0 unspecified atom stereocenters. The van der Waals surface area contributed by atoms with Gasteiger partial charge in [-0.15, -0.1) is 11.8 Å². The quantitative estimate of drug-likeness (QED) is 0.203. The van der Waals surface area contributed by atoms with Crippen molar-refractivity contribution in [2.24, 2.45) is 0 Å². The number of carbonyl (C=O) groups is 1. The number of esters is 1. The van der Waals surface area contributed by atoms with Crippen molar-refractivity contribution in [1.29, 1.82) is 0 Å². The molecule has 0 aliphatic heterocycles. The number of aromatic nitrogens is 3. The predicted octanol–water partition coefficient (Wildman–Crippen LogP) is 6.35.